The third-order valence-corrected chi connectivity index (χ3v) is 5.03. The summed E-state index contributed by atoms with van der Waals surface area (Å²) in [5.41, 5.74) is 7.52. The van der Waals surface area contributed by atoms with Crippen LogP contribution in [0.25, 0.3) is 11.3 Å². The first-order valence-corrected chi connectivity index (χ1v) is 7.83. The molecule has 0 spiro atoms. The molecule has 1 aliphatic rings. The second kappa shape index (κ2) is 4.34. The van der Waals surface area contributed by atoms with Crippen LogP contribution in [0, 0.1) is 0 Å². The molecule has 0 radical (unpaired) electrons. The number of anilines is 1. The maximum Gasteiger partial charge on any atom is 0.152 e. The summed E-state index contributed by atoms with van der Waals surface area (Å²) in [7, 11) is -2.94. The number of nitrogens with two attached hydrogens (primary N) is 1. The number of aromatic nitrogens is 3. The summed E-state index contributed by atoms with van der Waals surface area (Å²) in [4.78, 5) is 4.03. The second-order valence-electron chi connectivity index (χ2n) is 4.70. The molecule has 7 heteroatoms. The highest BCUT2D eigenvalue weighted by atomic mass is 32.2. The Morgan fingerprint density at radius 1 is 1.42 bits per heavy atom. The van der Waals surface area contributed by atoms with Crippen molar-refractivity contribution in [2.45, 2.75) is 12.5 Å². The Hall–Kier alpha value is -1.89. The summed E-state index contributed by atoms with van der Waals surface area (Å²) >= 11 is 0. The maximum absolute atomic E-state index is 11.5. The fourth-order valence-electron chi connectivity index (χ4n) is 2.32. The van der Waals surface area contributed by atoms with Gasteiger partial charge >= 0.3 is 0 Å². The van der Waals surface area contributed by atoms with Crippen LogP contribution in [0.15, 0.2) is 30.6 Å². The van der Waals surface area contributed by atoms with Gasteiger partial charge in [0.1, 0.15) is 5.82 Å². The molecule has 2 aromatic rings. The van der Waals surface area contributed by atoms with Crippen LogP contribution in [-0.4, -0.2) is 34.7 Å². The van der Waals surface area contributed by atoms with Crippen LogP contribution in [0.4, 0.5) is 5.82 Å². The molecule has 3 heterocycles. The fourth-order valence-corrected chi connectivity index (χ4v) is 4.02. The van der Waals surface area contributed by atoms with Gasteiger partial charge in [0, 0.05) is 24.0 Å². The van der Waals surface area contributed by atoms with Gasteiger partial charge in [0.15, 0.2) is 9.84 Å². The van der Waals surface area contributed by atoms with Gasteiger partial charge in [-0.15, -0.1) is 0 Å². The van der Waals surface area contributed by atoms with E-state index in [1.807, 2.05) is 12.1 Å². The average Bonchev–Trinajstić information content (AvgIpc) is 2.93. The topological polar surface area (TPSA) is 90.9 Å². The molecule has 2 aromatic heterocycles. The predicted octanol–water partition coefficient (Wildman–Crippen LogP) is 0.887. The van der Waals surface area contributed by atoms with E-state index in [2.05, 4.69) is 10.1 Å². The van der Waals surface area contributed by atoms with Crippen molar-refractivity contribution in [2.24, 2.45) is 0 Å². The monoisotopic (exact) mass is 278 g/mol. The lowest BCUT2D eigenvalue weighted by Gasteiger charge is -2.09. The highest BCUT2D eigenvalue weighted by molar-refractivity contribution is 7.91. The number of rotatable bonds is 2. The normalized spacial score (nSPS) is 21.6. The Bertz CT molecular complexity index is 694. The minimum Gasteiger partial charge on any atom is -0.384 e. The lowest BCUT2D eigenvalue weighted by molar-refractivity contribution is 0.508. The molecule has 3 rings (SSSR count). The van der Waals surface area contributed by atoms with E-state index in [1.165, 1.54) is 0 Å². The molecule has 19 heavy (non-hydrogen) atoms. The van der Waals surface area contributed by atoms with E-state index in [-0.39, 0.29) is 17.5 Å². The number of nitrogen functional groups attached to an aromatic ring is 1. The van der Waals surface area contributed by atoms with E-state index in [9.17, 15) is 8.42 Å². The molecule has 1 atom stereocenters. The fraction of sp³-hybridized carbons (Fsp3) is 0.333. The first-order chi connectivity index (χ1) is 9.05. The summed E-state index contributed by atoms with van der Waals surface area (Å²) in [6.45, 7) is 0. The first kappa shape index (κ1) is 12.2. The average molecular weight is 278 g/mol. The quantitative estimate of drug-likeness (QED) is 0.880. The van der Waals surface area contributed by atoms with Crippen LogP contribution in [0.2, 0.25) is 0 Å². The minimum absolute atomic E-state index is 0.116. The summed E-state index contributed by atoms with van der Waals surface area (Å²) in [6.07, 6.45) is 3.96. The highest BCUT2D eigenvalue weighted by Gasteiger charge is 2.30. The number of hydrogen-bond donors (Lipinski definition) is 1. The maximum atomic E-state index is 11.5. The Kier molecular flexibility index (Phi) is 2.78. The van der Waals surface area contributed by atoms with Crippen molar-refractivity contribution in [3.63, 3.8) is 0 Å². The van der Waals surface area contributed by atoms with Gasteiger partial charge in [-0.2, -0.15) is 5.10 Å². The molecule has 1 saturated heterocycles. The van der Waals surface area contributed by atoms with Crippen LogP contribution in [0.3, 0.4) is 0 Å². The molecular weight excluding hydrogens is 264 g/mol. The van der Waals surface area contributed by atoms with Gasteiger partial charge in [0.05, 0.1) is 23.2 Å². The Labute approximate surface area is 111 Å². The van der Waals surface area contributed by atoms with Crippen LogP contribution >= 0.6 is 0 Å². The summed E-state index contributed by atoms with van der Waals surface area (Å²) in [6, 6.07) is 5.31. The molecule has 1 fully saturated rings. The van der Waals surface area contributed by atoms with E-state index in [4.69, 9.17) is 5.73 Å². The molecule has 6 nitrogen and oxygen atoms in total. The third-order valence-electron chi connectivity index (χ3n) is 3.28. The van der Waals surface area contributed by atoms with E-state index < -0.39 is 9.84 Å². The summed E-state index contributed by atoms with van der Waals surface area (Å²) in [5.74, 6) is 0.811. The number of pyridine rings is 1. The van der Waals surface area contributed by atoms with E-state index >= 15 is 0 Å². The number of sulfone groups is 1. The van der Waals surface area contributed by atoms with Crippen molar-refractivity contribution in [3.05, 3.63) is 30.6 Å². The smallest absolute Gasteiger partial charge is 0.152 e. The Balaban J connectivity index is 1.95. The molecule has 0 aromatic carbocycles. The van der Waals surface area contributed by atoms with Crippen LogP contribution in [0.5, 0.6) is 0 Å². The highest BCUT2D eigenvalue weighted by Crippen LogP contribution is 2.28. The standard InChI is InChI=1S/C12H14N4O2S/c13-12-6-11(9-2-1-4-14-7-9)15-16(12)10-3-5-19(17,18)8-10/h1-2,4,6-7,10H,3,5,8,13H2. The zero-order chi connectivity index (χ0) is 13.5. The van der Waals surface area contributed by atoms with Gasteiger partial charge in [-0.25, -0.2) is 13.1 Å². The van der Waals surface area contributed by atoms with Gasteiger partial charge in [-0.3, -0.25) is 4.98 Å². The third kappa shape index (κ3) is 2.33. The Morgan fingerprint density at radius 3 is 2.89 bits per heavy atom. The number of nitrogens with zero attached hydrogens (tertiary/aromatic N) is 3. The van der Waals surface area contributed by atoms with Crippen LogP contribution in [-0.2, 0) is 9.84 Å². The van der Waals surface area contributed by atoms with Gasteiger partial charge < -0.3 is 5.73 Å². The number of hydrogen-bond acceptors (Lipinski definition) is 5. The minimum atomic E-state index is -2.94. The van der Waals surface area contributed by atoms with Gasteiger partial charge in [0.25, 0.3) is 0 Å². The van der Waals surface area contributed by atoms with Crippen molar-refractivity contribution >= 4 is 15.7 Å². The van der Waals surface area contributed by atoms with Crippen LogP contribution < -0.4 is 5.73 Å². The SMILES string of the molecule is Nc1cc(-c2cccnc2)nn1C1CCS(=O)(=O)C1. The van der Waals surface area contributed by atoms with Crippen molar-refractivity contribution in [2.75, 3.05) is 17.2 Å². The van der Waals surface area contributed by atoms with Gasteiger partial charge in [0.2, 0.25) is 0 Å². The summed E-state index contributed by atoms with van der Waals surface area (Å²) < 4.78 is 24.6. The van der Waals surface area contributed by atoms with E-state index in [0.717, 1.165) is 11.3 Å². The van der Waals surface area contributed by atoms with E-state index in [1.54, 1.807) is 23.1 Å². The molecule has 100 valence electrons. The van der Waals surface area contributed by atoms with Crippen molar-refractivity contribution in [1.29, 1.82) is 0 Å². The Morgan fingerprint density at radius 2 is 2.26 bits per heavy atom. The molecule has 2 N–H and O–H groups in total. The lowest BCUT2D eigenvalue weighted by atomic mass is 10.2. The molecular formula is C12H14N4O2S. The molecule has 1 unspecified atom stereocenters. The predicted molar refractivity (Wildman–Crippen MR) is 72.2 cm³/mol. The second-order valence-corrected chi connectivity index (χ2v) is 6.93. The molecule has 0 bridgehead atoms. The van der Waals surface area contributed by atoms with E-state index in [0.29, 0.717) is 12.2 Å². The van der Waals surface area contributed by atoms with Crippen molar-refractivity contribution in [3.8, 4) is 11.3 Å². The van der Waals surface area contributed by atoms with Gasteiger partial charge in [-0.1, -0.05) is 0 Å². The van der Waals surface area contributed by atoms with Crippen LogP contribution in [0.1, 0.15) is 12.5 Å². The summed E-state index contributed by atoms with van der Waals surface area (Å²) in [5, 5.41) is 4.41. The zero-order valence-electron chi connectivity index (χ0n) is 10.2. The molecule has 0 amide bonds. The molecule has 0 aliphatic carbocycles. The van der Waals surface area contributed by atoms with Crippen molar-refractivity contribution in [1.82, 2.24) is 14.8 Å². The zero-order valence-corrected chi connectivity index (χ0v) is 11.0. The van der Waals surface area contributed by atoms with Crippen molar-refractivity contribution < 1.29 is 8.42 Å². The molecule has 1 aliphatic heterocycles. The lowest BCUT2D eigenvalue weighted by Crippen LogP contribution is -2.14. The molecule has 0 saturated carbocycles. The van der Waals surface area contributed by atoms with Gasteiger partial charge in [-0.05, 0) is 18.6 Å². The largest absolute Gasteiger partial charge is 0.384 e. The first-order valence-electron chi connectivity index (χ1n) is 6.01.